The Hall–Kier alpha value is -3.03. The number of halogens is 2. The first kappa shape index (κ1) is 17.4. The molecule has 2 aromatic carbocycles. The molecule has 0 radical (unpaired) electrons. The molecule has 0 aliphatic carbocycles. The van der Waals surface area contributed by atoms with Crippen LogP contribution in [-0.2, 0) is 0 Å². The van der Waals surface area contributed by atoms with Crippen molar-refractivity contribution in [2.45, 2.75) is 0 Å². The van der Waals surface area contributed by atoms with E-state index in [-0.39, 0.29) is 11.3 Å². The highest BCUT2D eigenvalue weighted by Crippen LogP contribution is 2.38. The average Bonchev–Trinajstić information content (AvgIpc) is 3.17. The van der Waals surface area contributed by atoms with Crippen molar-refractivity contribution in [2.24, 2.45) is 0 Å². The zero-order chi connectivity index (χ0) is 19.0. The van der Waals surface area contributed by atoms with E-state index in [2.05, 4.69) is 15.3 Å². The summed E-state index contributed by atoms with van der Waals surface area (Å²) in [5.41, 5.74) is 2.06. The average molecular weight is 400 g/mol. The van der Waals surface area contributed by atoms with Gasteiger partial charge in [-0.3, -0.25) is 4.98 Å². The number of carbonyl (C=O) groups is 1. The number of thiazole rings is 1. The van der Waals surface area contributed by atoms with E-state index in [4.69, 9.17) is 11.6 Å². The summed E-state index contributed by atoms with van der Waals surface area (Å²) >= 11 is 7.59. The van der Waals surface area contributed by atoms with Crippen LogP contribution in [0.3, 0.4) is 0 Å². The lowest BCUT2D eigenvalue weighted by molar-refractivity contribution is 0.0697. The van der Waals surface area contributed by atoms with Gasteiger partial charge in [0.15, 0.2) is 0 Å². The third-order valence-electron chi connectivity index (χ3n) is 3.96. The highest BCUT2D eigenvalue weighted by Gasteiger charge is 2.17. The lowest BCUT2D eigenvalue weighted by Gasteiger charge is -2.15. The molecular weight excluding hydrogens is 389 g/mol. The number of aromatic carboxylic acids is 1. The van der Waals surface area contributed by atoms with Crippen LogP contribution < -0.4 is 5.32 Å². The van der Waals surface area contributed by atoms with Gasteiger partial charge in [0, 0.05) is 28.2 Å². The van der Waals surface area contributed by atoms with Crippen molar-refractivity contribution in [2.75, 3.05) is 5.32 Å². The first-order chi connectivity index (χ1) is 13.0. The fourth-order valence-corrected chi connectivity index (χ4v) is 3.58. The van der Waals surface area contributed by atoms with Crippen molar-refractivity contribution < 1.29 is 14.3 Å². The molecule has 0 saturated heterocycles. The molecule has 2 N–H and O–H groups in total. The quantitative estimate of drug-likeness (QED) is 0.467. The molecule has 0 aliphatic heterocycles. The Labute approximate surface area is 162 Å². The summed E-state index contributed by atoms with van der Waals surface area (Å²) in [7, 11) is 0. The highest BCUT2D eigenvalue weighted by molar-refractivity contribution is 7.13. The van der Waals surface area contributed by atoms with Crippen molar-refractivity contribution in [1.82, 2.24) is 9.97 Å². The van der Waals surface area contributed by atoms with Crippen LogP contribution in [-0.4, -0.2) is 21.0 Å². The first-order valence-corrected chi connectivity index (χ1v) is 9.06. The number of nitrogens with one attached hydrogen (secondary N) is 1. The van der Waals surface area contributed by atoms with Gasteiger partial charge in [-0.25, -0.2) is 14.2 Å². The van der Waals surface area contributed by atoms with Crippen LogP contribution in [0.1, 0.15) is 10.4 Å². The number of nitrogens with zero attached hydrogens (tertiary/aromatic N) is 2. The number of fused-ring (bicyclic) bond motifs is 1. The number of rotatable bonds is 4. The Bertz CT molecular complexity index is 1170. The summed E-state index contributed by atoms with van der Waals surface area (Å²) < 4.78 is 13.5. The SMILES string of the molecule is O=C(O)c1cc(F)ccc1Nc1c(-c2nccs2)cnc2ccc(Cl)cc12. The summed E-state index contributed by atoms with van der Waals surface area (Å²) in [6.45, 7) is 0. The smallest absolute Gasteiger partial charge is 0.337 e. The third kappa shape index (κ3) is 3.34. The molecule has 0 spiro atoms. The Kier molecular flexibility index (Phi) is 4.47. The fraction of sp³-hybridized carbons (Fsp3) is 0. The normalized spacial score (nSPS) is 10.9. The molecule has 4 rings (SSSR count). The summed E-state index contributed by atoms with van der Waals surface area (Å²) in [5.74, 6) is -1.86. The van der Waals surface area contributed by atoms with Crippen LogP contribution in [0.4, 0.5) is 15.8 Å². The predicted octanol–water partition coefficient (Wildman–Crippen LogP) is 5.59. The second-order valence-electron chi connectivity index (χ2n) is 5.67. The minimum absolute atomic E-state index is 0.174. The van der Waals surface area contributed by atoms with Gasteiger partial charge in [-0.05, 0) is 36.4 Å². The standard InChI is InChI=1S/C19H11ClFN3O2S/c20-10-1-3-15-12(7-10)17(14(9-23-15)18-22-5-6-27-18)24-16-4-2-11(21)8-13(16)19(25)26/h1-9H,(H,23,24)(H,25,26). The van der Waals surface area contributed by atoms with Gasteiger partial charge < -0.3 is 10.4 Å². The minimum Gasteiger partial charge on any atom is -0.478 e. The highest BCUT2D eigenvalue weighted by atomic mass is 35.5. The van der Waals surface area contributed by atoms with E-state index in [0.717, 1.165) is 6.07 Å². The zero-order valence-corrected chi connectivity index (χ0v) is 15.2. The van der Waals surface area contributed by atoms with Crippen LogP contribution in [0.15, 0.2) is 54.2 Å². The lowest BCUT2D eigenvalue weighted by atomic mass is 10.1. The van der Waals surface area contributed by atoms with Crippen molar-refractivity contribution in [3.8, 4) is 10.6 Å². The summed E-state index contributed by atoms with van der Waals surface area (Å²) in [5, 5.41) is 16.3. The molecule has 0 fully saturated rings. The molecule has 2 heterocycles. The molecule has 0 bridgehead atoms. The van der Waals surface area contributed by atoms with Gasteiger partial charge in [0.25, 0.3) is 0 Å². The molecule has 0 saturated carbocycles. The van der Waals surface area contributed by atoms with Crippen LogP contribution in [0.25, 0.3) is 21.5 Å². The van der Waals surface area contributed by atoms with Crippen molar-refractivity contribution in [3.05, 3.63) is 70.6 Å². The number of aromatic nitrogens is 2. The van der Waals surface area contributed by atoms with Gasteiger partial charge in [-0.2, -0.15) is 0 Å². The van der Waals surface area contributed by atoms with E-state index in [0.29, 0.717) is 32.2 Å². The number of hydrogen-bond acceptors (Lipinski definition) is 5. The monoisotopic (exact) mass is 399 g/mol. The molecule has 134 valence electrons. The molecule has 5 nitrogen and oxygen atoms in total. The lowest BCUT2D eigenvalue weighted by Crippen LogP contribution is -2.05. The molecule has 4 aromatic rings. The van der Waals surface area contributed by atoms with Crippen molar-refractivity contribution in [3.63, 3.8) is 0 Å². The second kappa shape index (κ2) is 6.94. The van der Waals surface area contributed by atoms with Gasteiger partial charge in [0.2, 0.25) is 0 Å². The second-order valence-corrected chi connectivity index (χ2v) is 7.00. The maximum absolute atomic E-state index is 13.5. The molecule has 0 aliphatic rings. The van der Waals surface area contributed by atoms with Gasteiger partial charge in [0.1, 0.15) is 10.8 Å². The van der Waals surface area contributed by atoms with E-state index in [9.17, 15) is 14.3 Å². The Morgan fingerprint density at radius 2 is 2.04 bits per heavy atom. The third-order valence-corrected chi connectivity index (χ3v) is 5.01. The predicted molar refractivity (Wildman–Crippen MR) is 105 cm³/mol. The first-order valence-electron chi connectivity index (χ1n) is 7.81. The number of anilines is 2. The van der Waals surface area contributed by atoms with Crippen LogP contribution in [0.5, 0.6) is 0 Å². The van der Waals surface area contributed by atoms with Crippen molar-refractivity contribution >= 4 is 51.2 Å². The van der Waals surface area contributed by atoms with Gasteiger partial charge in [-0.1, -0.05) is 11.6 Å². The molecular formula is C19H11ClFN3O2S. The van der Waals surface area contributed by atoms with E-state index in [1.165, 1.54) is 23.5 Å². The van der Waals surface area contributed by atoms with Crippen LogP contribution >= 0.6 is 22.9 Å². The molecule has 2 aromatic heterocycles. The summed E-state index contributed by atoms with van der Waals surface area (Å²) in [6, 6.07) is 8.81. The van der Waals surface area contributed by atoms with E-state index >= 15 is 0 Å². The molecule has 8 heteroatoms. The maximum atomic E-state index is 13.5. The van der Waals surface area contributed by atoms with Crippen LogP contribution in [0, 0.1) is 5.82 Å². The summed E-state index contributed by atoms with van der Waals surface area (Å²) in [4.78, 5) is 20.3. The van der Waals surface area contributed by atoms with Crippen LogP contribution in [0.2, 0.25) is 5.02 Å². The number of pyridine rings is 1. The Balaban J connectivity index is 1.96. The molecule has 0 unspecified atom stereocenters. The molecule has 0 atom stereocenters. The minimum atomic E-state index is -1.23. The van der Waals surface area contributed by atoms with Gasteiger partial charge in [-0.15, -0.1) is 11.3 Å². The topological polar surface area (TPSA) is 75.1 Å². The number of benzene rings is 2. The Morgan fingerprint density at radius 1 is 1.19 bits per heavy atom. The Morgan fingerprint density at radius 3 is 2.78 bits per heavy atom. The van der Waals surface area contributed by atoms with Gasteiger partial charge >= 0.3 is 5.97 Å². The largest absolute Gasteiger partial charge is 0.478 e. The van der Waals surface area contributed by atoms with Crippen molar-refractivity contribution in [1.29, 1.82) is 0 Å². The number of carboxylic acids is 1. The van der Waals surface area contributed by atoms with Gasteiger partial charge in [0.05, 0.1) is 28.0 Å². The molecule has 0 amide bonds. The fourth-order valence-electron chi connectivity index (χ4n) is 2.76. The van der Waals surface area contributed by atoms with E-state index in [1.54, 1.807) is 30.6 Å². The van der Waals surface area contributed by atoms with E-state index in [1.807, 2.05) is 5.38 Å². The molecule has 27 heavy (non-hydrogen) atoms. The summed E-state index contributed by atoms with van der Waals surface area (Å²) in [6.07, 6.45) is 3.34. The zero-order valence-electron chi connectivity index (χ0n) is 13.6. The number of carboxylic acid groups (broad SMARTS) is 1. The van der Waals surface area contributed by atoms with E-state index < -0.39 is 11.8 Å². The maximum Gasteiger partial charge on any atom is 0.337 e. The number of hydrogen-bond donors (Lipinski definition) is 2.